The first-order chi connectivity index (χ1) is 25.7. The summed E-state index contributed by atoms with van der Waals surface area (Å²) in [6.45, 7) is 14.2. The second-order valence-corrected chi connectivity index (χ2v) is 14.9. The quantitative estimate of drug-likeness (QED) is 0.274. The Morgan fingerprint density at radius 1 is 0.943 bits per heavy atom. The summed E-state index contributed by atoms with van der Waals surface area (Å²) in [6.07, 6.45) is 4.78. The van der Waals surface area contributed by atoms with Crippen LogP contribution in [0, 0.1) is 16.7 Å². The largest absolute Gasteiger partial charge is 0.371 e. The van der Waals surface area contributed by atoms with Crippen LogP contribution in [0.3, 0.4) is 0 Å². The molecule has 1 aromatic heterocycles. The molecule has 2 aromatic carbocycles. The van der Waals surface area contributed by atoms with Crippen LogP contribution in [0.2, 0.25) is 0 Å². The smallest absolute Gasteiger partial charge is 0.282 e. The summed E-state index contributed by atoms with van der Waals surface area (Å²) in [6, 6.07) is 19.6. The number of piperazine rings is 1. The zero-order valence-corrected chi connectivity index (χ0v) is 30.9. The van der Waals surface area contributed by atoms with E-state index in [9.17, 15) is 19.2 Å². The molecule has 3 fully saturated rings. The number of nitriles is 1. The molecule has 7 rings (SSSR count). The first-order valence-corrected chi connectivity index (χ1v) is 19.1. The Labute approximate surface area is 312 Å². The van der Waals surface area contributed by atoms with Gasteiger partial charge in [-0.05, 0) is 74.9 Å². The number of carbonyl (C=O) groups is 2. The van der Waals surface area contributed by atoms with Crippen molar-refractivity contribution < 1.29 is 14.0 Å². The molecule has 0 saturated carbocycles. The van der Waals surface area contributed by atoms with Gasteiger partial charge < -0.3 is 24.9 Å². The van der Waals surface area contributed by atoms with Crippen LogP contribution in [0.1, 0.15) is 61.1 Å². The minimum atomic E-state index is -1.00. The highest BCUT2D eigenvalue weighted by Crippen LogP contribution is 2.46. The van der Waals surface area contributed by atoms with Crippen LogP contribution < -0.4 is 20.0 Å². The van der Waals surface area contributed by atoms with Gasteiger partial charge in [0.15, 0.2) is 5.83 Å². The molecule has 1 spiro atoms. The zero-order chi connectivity index (χ0) is 37.1. The SMILES string of the molecule is C=C(F)C(=O)N1CCN(c2nc(N3CC(N(CC)CC)C3)nc3c2CCC2(CCN(c4ccccc4C(=O)Nc4ccccc4)CC2)C3)CC1CC#N. The van der Waals surface area contributed by atoms with E-state index in [1.807, 2.05) is 48.5 Å². The van der Waals surface area contributed by atoms with E-state index < -0.39 is 17.8 Å². The molecule has 1 unspecified atom stereocenters. The fraction of sp³-hybridized carbons (Fsp3) is 0.488. The molecular formula is C41H50FN9O2. The lowest BCUT2D eigenvalue weighted by molar-refractivity contribution is -0.131. The fourth-order valence-corrected chi connectivity index (χ4v) is 8.79. The number of fused-ring (bicyclic) bond motifs is 1. The molecular weight excluding hydrogens is 670 g/mol. The predicted molar refractivity (Wildman–Crippen MR) is 206 cm³/mol. The van der Waals surface area contributed by atoms with Gasteiger partial charge in [0.25, 0.3) is 11.8 Å². The van der Waals surface area contributed by atoms with Crippen molar-refractivity contribution in [2.24, 2.45) is 5.41 Å². The van der Waals surface area contributed by atoms with Crippen LogP contribution in [-0.2, 0) is 17.6 Å². The summed E-state index contributed by atoms with van der Waals surface area (Å²) in [7, 11) is 0. The number of carbonyl (C=O) groups excluding carboxylic acids is 2. The lowest BCUT2D eigenvalue weighted by atomic mass is 9.67. The maximum Gasteiger partial charge on any atom is 0.282 e. The monoisotopic (exact) mass is 719 g/mol. The van der Waals surface area contributed by atoms with E-state index >= 15 is 0 Å². The number of piperidine rings is 1. The van der Waals surface area contributed by atoms with Gasteiger partial charge in [0, 0.05) is 68.8 Å². The van der Waals surface area contributed by atoms with Gasteiger partial charge in [-0.25, -0.2) is 9.37 Å². The molecule has 3 aromatic rings. The third-order valence-corrected chi connectivity index (χ3v) is 11.9. The molecule has 4 heterocycles. The Kier molecular flexibility index (Phi) is 10.6. The van der Waals surface area contributed by atoms with Crippen molar-refractivity contribution >= 4 is 35.0 Å². The minimum absolute atomic E-state index is 0.0856. The van der Waals surface area contributed by atoms with Crippen LogP contribution in [0.25, 0.3) is 0 Å². The van der Waals surface area contributed by atoms with E-state index in [1.54, 1.807) is 0 Å². The lowest BCUT2D eigenvalue weighted by Crippen LogP contribution is -2.60. The highest BCUT2D eigenvalue weighted by atomic mass is 19.1. The van der Waals surface area contributed by atoms with Crippen molar-refractivity contribution in [3.63, 3.8) is 0 Å². The Bertz CT molecular complexity index is 1860. The lowest BCUT2D eigenvalue weighted by Gasteiger charge is -2.48. The summed E-state index contributed by atoms with van der Waals surface area (Å²) >= 11 is 0. The van der Waals surface area contributed by atoms with Crippen LogP contribution in [0.15, 0.2) is 67.0 Å². The normalized spacial score (nSPS) is 19.8. The van der Waals surface area contributed by atoms with Crippen LogP contribution in [0.4, 0.5) is 27.5 Å². The summed E-state index contributed by atoms with van der Waals surface area (Å²) < 4.78 is 14.0. The molecule has 4 aliphatic rings. The van der Waals surface area contributed by atoms with E-state index in [2.05, 4.69) is 57.5 Å². The topological polar surface area (TPSA) is 112 Å². The number of hydrogen-bond donors (Lipinski definition) is 1. The van der Waals surface area contributed by atoms with E-state index in [-0.39, 0.29) is 17.7 Å². The number of nitrogens with one attached hydrogen (secondary N) is 1. The van der Waals surface area contributed by atoms with Crippen molar-refractivity contribution in [1.82, 2.24) is 19.8 Å². The Hall–Kier alpha value is -5.02. The van der Waals surface area contributed by atoms with Crippen LogP contribution in [0.5, 0.6) is 0 Å². The summed E-state index contributed by atoms with van der Waals surface area (Å²) in [5.41, 5.74) is 4.73. The Balaban J connectivity index is 1.12. The fourth-order valence-electron chi connectivity index (χ4n) is 8.79. The molecule has 11 nitrogen and oxygen atoms in total. The number of aromatic nitrogens is 2. The highest BCUT2D eigenvalue weighted by Gasteiger charge is 2.42. The summed E-state index contributed by atoms with van der Waals surface area (Å²) in [4.78, 5) is 47.3. The van der Waals surface area contributed by atoms with Gasteiger partial charge in [-0.2, -0.15) is 10.2 Å². The third kappa shape index (κ3) is 7.45. The highest BCUT2D eigenvalue weighted by molar-refractivity contribution is 6.08. The molecule has 0 bridgehead atoms. The summed E-state index contributed by atoms with van der Waals surface area (Å²) in [5.74, 6) is -0.231. The minimum Gasteiger partial charge on any atom is -0.371 e. The molecule has 53 heavy (non-hydrogen) atoms. The van der Waals surface area contributed by atoms with Gasteiger partial charge in [0.05, 0.1) is 29.8 Å². The molecule has 1 atom stereocenters. The van der Waals surface area contributed by atoms with Crippen LogP contribution >= 0.6 is 0 Å². The van der Waals surface area contributed by atoms with Gasteiger partial charge in [-0.1, -0.05) is 50.8 Å². The molecule has 1 aliphatic carbocycles. The Morgan fingerprint density at radius 2 is 1.66 bits per heavy atom. The average molecular weight is 720 g/mol. The zero-order valence-electron chi connectivity index (χ0n) is 30.9. The Morgan fingerprint density at radius 3 is 2.36 bits per heavy atom. The number of likely N-dealkylation sites (N-methyl/N-ethyl adjacent to an activating group) is 1. The first kappa shape index (κ1) is 36.3. The number of amides is 2. The maximum atomic E-state index is 14.0. The molecule has 3 saturated heterocycles. The van der Waals surface area contributed by atoms with E-state index in [0.717, 1.165) is 106 Å². The first-order valence-electron chi connectivity index (χ1n) is 19.1. The standard InChI is InChI=1S/C41H50FN9O2/c1-4-47(5-2)32-27-50(28-32)40-45-35-25-41(17-15-33(35)37(46-40)49-23-24-51(39(53)29(3)42)31(26-49)16-20-43)18-21-48(22-19-41)36-14-10-9-13-34(36)38(52)44-30-11-7-6-8-12-30/h6-14,31-32H,3-5,15-19,21-28H2,1-2H3,(H,44,52). The second kappa shape index (κ2) is 15.5. The van der Waals surface area contributed by atoms with Crippen molar-refractivity contribution in [2.45, 2.75) is 64.5 Å². The van der Waals surface area contributed by atoms with Crippen molar-refractivity contribution in [1.29, 1.82) is 5.26 Å². The molecule has 12 heteroatoms. The maximum absolute atomic E-state index is 14.0. The molecule has 0 radical (unpaired) electrons. The van der Waals surface area contributed by atoms with Gasteiger partial charge in [-0.15, -0.1) is 0 Å². The number of anilines is 4. The van der Waals surface area contributed by atoms with Gasteiger partial charge >= 0.3 is 0 Å². The van der Waals surface area contributed by atoms with Crippen molar-refractivity contribution in [3.8, 4) is 6.07 Å². The number of benzene rings is 2. The van der Waals surface area contributed by atoms with Gasteiger partial charge in [0.1, 0.15) is 5.82 Å². The average Bonchev–Trinajstić information content (AvgIpc) is 3.16. The van der Waals surface area contributed by atoms with Gasteiger partial charge in [-0.3, -0.25) is 14.5 Å². The molecule has 2 amide bonds. The van der Waals surface area contributed by atoms with E-state index in [4.69, 9.17) is 9.97 Å². The summed E-state index contributed by atoms with van der Waals surface area (Å²) in [5, 5.41) is 12.7. The molecule has 1 N–H and O–H groups in total. The number of para-hydroxylation sites is 2. The van der Waals surface area contributed by atoms with Crippen LogP contribution in [-0.4, -0.2) is 103 Å². The third-order valence-electron chi connectivity index (χ3n) is 11.9. The van der Waals surface area contributed by atoms with Crippen molar-refractivity contribution in [3.05, 3.63) is 83.8 Å². The predicted octanol–water partition coefficient (Wildman–Crippen LogP) is 5.45. The molecule has 3 aliphatic heterocycles. The number of halogens is 1. The number of nitrogens with zero attached hydrogens (tertiary/aromatic N) is 8. The van der Waals surface area contributed by atoms with E-state index in [0.29, 0.717) is 31.2 Å². The second-order valence-electron chi connectivity index (χ2n) is 14.9. The molecule has 278 valence electrons. The van der Waals surface area contributed by atoms with Crippen molar-refractivity contribution in [2.75, 3.05) is 78.9 Å². The number of rotatable bonds is 10. The van der Waals surface area contributed by atoms with E-state index in [1.165, 1.54) is 4.90 Å². The number of hydrogen-bond acceptors (Lipinski definition) is 9. The van der Waals surface area contributed by atoms with Gasteiger partial charge in [0.2, 0.25) is 5.95 Å².